The highest BCUT2D eigenvalue weighted by molar-refractivity contribution is 6.30. The summed E-state index contributed by atoms with van der Waals surface area (Å²) >= 11 is 12.3. The second-order valence-electron chi connectivity index (χ2n) is 8.17. The fraction of sp³-hybridized carbons (Fsp3) is 0.292. The summed E-state index contributed by atoms with van der Waals surface area (Å²) in [6, 6.07) is 14.2. The lowest BCUT2D eigenvalue weighted by atomic mass is 9.83. The van der Waals surface area contributed by atoms with Gasteiger partial charge in [0.1, 0.15) is 0 Å². The molecular weight excluding hydrogens is 465 g/mol. The molecule has 9 heteroatoms. The second-order valence-corrected chi connectivity index (χ2v) is 9.04. The molecule has 0 aliphatic carbocycles. The van der Waals surface area contributed by atoms with Crippen molar-refractivity contribution in [2.24, 2.45) is 0 Å². The van der Waals surface area contributed by atoms with Gasteiger partial charge in [-0.1, -0.05) is 47.5 Å². The van der Waals surface area contributed by atoms with Crippen molar-refractivity contribution >= 4 is 29.1 Å². The zero-order valence-electron chi connectivity index (χ0n) is 18.3. The summed E-state index contributed by atoms with van der Waals surface area (Å²) in [5.74, 6) is -1.45. The Hall–Kier alpha value is -3.03. The summed E-state index contributed by atoms with van der Waals surface area (Å²) in [5.41, 5.74) is 0.807. The third kappa shape index (κ3) is 4.18. The van der Waals surface area contributed by atoms with Crippen molar-refractivity contribution in [1.82, 2.24) is 14.5 Å². The molecule has 1 unspecified atom stereocenters. The van der Waals surface area contributed by atoms with Crippen LogP contribution in [0.4, 0.5) is 0 Å². The molecule has 0 saturated carbocycles. The van der Waals surface area contributed by atoms with E-state index in [4.69, 9.17) is 27.9 Å². The molecule has 1 N–H and O–H groups in total. The van der Waals surface area contributed by atoms with Crippen molar-refractivity contribution in [2.45, 2.75) is 31.8 Å². The average Bonchev–Trinajstić information content (AvgIpc) is 2.79. The zero-order valence-corrected chi connectivity index (χ0v) is 19.8. The summed E-state index contributed by atoms with van der Waals surface area (Å²) in [6.45, 7) is 4.08. The first-order valence-electron chi connectivity index (χ1n) is 10.4. The van der Waals surface area contributed by atoms with Gasteiger partial charge < -0.3 is 14.7 Å². The van der Waals surface area contributed by atoms with Gasteiger partial charge in [0.25, 0.3) is 5.91 Å². The molecule has 2 aromatic carbocycles. The van der Waals surface area contributed by atoms with Crippen molar-refractivity contribution in [2.75, 3.05) is 13.7 Å². The van der Waals surface area contributed by atoms with Crippen LogP contribution in [-0.2, 0) is 0 Å². The predicted molar refractivity (Wildman–Crippen MR) is 127 cm³/mol. The molecule has 0 fully saturated rings. The van der Waals surface area contributed by atoms with Crippen LogP contribution in [0.25, 0.3) is 0 Å². The Labute approximate surface area is 201 Å². The number of rotatable bonds is 5. The molecule has 3 aromatic rings. The number of fused-ring (bicyclic) bond motifs is 1. The number of nitrogens with zero attached hydrogens (tertiary/aromatic N) is 3. The summed E-state index contributed by atoms with van der Waals surface area (Å²) in [4.78, 5) is 31.2. The average molecular weight is 488 g/mol. The standard InChI is InChI=1S/C24H23Cl2N3O4/c1-13(2)28-12-18(29-20(23(28)32)21(30)22(31)27-24(29)33-3)19(14-4-8-16(25)9-5-14)15-6-10-17(26)11-7-15/h4-11,13,18-19,30H,12H2,1-3H3. The number of hydrogen-bond donors (Lipinski definition) is 1. The first-order valence-corrected chi connectivity index (χ1v) is 11.2. The van der Waals surface area contributed by atoms with Crippen molar-refractivity contribution in [3.8, 4) is 11.8 Å². The number of aromatic nitrogens is 2. The number of carbonyl (C=O) groups is 1. The van der Waals surface area contributed by atoms with E-state index < -0.39 is 23.3 Å². The van der Waals surface area contributed by atoms with Crippen LogP contribution in [0.15, 0.2) is 53.3 Å². The summed E-state index contributed by atoms with van der Waals surface area (Å²) in [7, 11) is 1.38. The van der Waals surface area contributed by atoms with E-state index in [9.17, 15) is 14.7 Å². The molecule has 172 valence electrons. The minimum absolute atomic E-state index is 0.0394. The van der Waals surface area contributed by atoms with Crippen LogP contribution in [-0.4, -0.2) is 45.2 Å². The molecule has 2 heterocycles. The topological polar surface area (TPSA) is 84.7 Å². The number of carbonyl (C=O) groups excluding carboxylic acids is 1. The number of benzene rings is 2. The van der Waals surface area contributed by atoms with Gasteiger partial charge in [0, 0.05) is 28.5 Å². The fourth-order valence-corrected chi connectivity index (χ4v) is 4.59. The maximum Gasteiger partial charge on any atom is 0.318 e. The van der Waals surface area contributed by atoms with Crippen molar-refractivity contribution in [3.05, 3.63) is 85.8 Å². The molecule has 7 nitrogen and oxygen atoms in total. The highest BCUT2D eigenvalue weighted by Gasteiger charge is 2.42. The molecule has 1 aromatic heterocycles. The molecule has 1 atom stereocenters. The molecule has 1 aliphatic rings. The molecule has 1 amide bonds. The SMILES string of the molecule is COc1nc(=O)c(O)c2n1C(C(c1ccc(Cl)cc1)c1ccc(Cl)cc1)CN(C(C)C)C2=O. The Morgan fingerprint density at radius 3 is 1.97 bits per heavy atom. The minimum Gasteiger partial charge on any atom is -0.501 e. The third-order valence-corrected chi connectivity index (χ3v) is 6.40. The van der Waals surface area contributed by atoms with Gasteiger partial charge in [0.05, 0.1) is 13.2 Å². The lowest BCUT2D eigenvalue weighted by molar-refractivity contribution is 0.0572. The summed E-state index contributed by atoms with van der Waals surface area (Å²) in [5, 5.41) is 11.8. The van der Waals surface area contributed by atoms with E-state index in [2.05, 4.69) is 4.98 Å². The summed E-state index contributed by atoms with van der Waals surface area (Å²) in [6.07, 6.45) is 0. The first-order chi connectivity index (χ1) is 15.7. The molecule has 4 rings (SSSR count). The molecular formula is C24H23Cl2N3O4. The van der Waals surface area contributed by atoms with E-state index in [1.807, 2.05) is 38.1 Å². The van der Waals surface area contributed by atoms with Crippen LogP contribution in [0.1, 0.15) is 47.4 Å². The largest absolute Gasteiger partial charge is 0.501 e. The molecule has 0 radical (unpaired) electrons. The Morgan fingerprint density at radius 1 is 1.00 bits per heavy atom. The van der Waals surface area contributed by atoms with Crippen molar-refractivity contribution in [3.63, 3.8) is 0 Å². The van der Waals surface area contributed by atoms with Gasteiger partial charge in [-0.2, -0.15) is 4.98 Å². The monoisotopic (exact) mass is 487 g/mol. The Balaban J connectivity index is 2.02. The molecule has 0 spiro atoms. The van der Waals surface area contributed by atoms with Crippen LogP contribution < -0.4 is 10.3 Å². The minimum atomic E-state index is -0.912. The quantitative estimate of drug-likeness (QED) is 0.572. The van der Waals surface area contributed by atoms with Crippen LogP contribution in [0.2, 0.25) is 10.0 Å². The maximum absolute atomic E-state index is 13.3. The molecule has 1 aliphatic heterocycles. The second kappa shape index (κ2) is 9.08. The van der Waals surface area contributed by atoms with Crippen LogP contribution in [0, 0.1) is 0 Å². The van der Waals surface area contributed by atoms with E-state index in [0.717, 1.165) is 11.1 Å². The highest BCUT2D eigenvalue weighted by atomic mass is 35.5. The number of aromatic hydroxyl groups is 1. The van der Waals surface area contributed by atoms with E-state index in [1.54, 1.807) is 29.2 Å². The highest BCUT2D eigenvalue weighted by Crippen LogP contribution is 2.42. The van der Waals surface area contributed by atoms with Crippen LogP contribution in [0.3, 0.4) is 0 Å². The predicted octanol–water partition coefficient (Wildman–Crippen LogP) is 4.50. The molecule has 33 heavy (non-hydrogen) atoms. The normalized spacial score (nSPS) is 15.8. The van der Waals surface area contributed by atoms with E-state index >= 15 is 0 Å². The lowest BCUT2D eigenvalue weighted by Gasteiger charge is -2.42. The van der Waals surface area contributed by atoms with E-state index in [0.29, 0.717) is 16.6 Å². The Morgan fingerprint density at radius 2 is 1.52 bits per heavy atom. The van der Waals surface area contributed by atoms with Gasteiger partial charge in [-0.25, -0.2) is 0 Å². The number of hydrogen-bond acceptors (Lipinski definition) is 5. The third-order valence-electron chi connectivity index (χ3n) is 5.90. The van der Waals surface area contributed by atoms with E-state index in [1.165, 1.54) is 11.7 Å². The summed E-state index contributed by atoms with van der Waals surface area (Å²) < 4.78 is 6.94. The Kier molecular flexibility index (Phi) is 6.36. The molecule has 0 saturated heterocycles. The zero-order chi connectivity index (χ0) is 23.9. The van der Waals surface area contributed by atoms with Gasteiger partial charge in [-0.3, -0.25) is 14.2 Å². The number of amides is 1. The number of halogens is 2. The van der Waals surface area contributed by atoms with Gasteiger partial charge in [-0.15, -0.1) is 0 Å². The van der Waals surface area contributed by atoms with Crippen molar-refractivity contribution < 1.29 is 14.6 Å². The van der Waals surface area contributed by atoms with Gasteiger partial charge in [0.15, 0.2) is 5.69 Å². The van der Waals surface area contributed by atoms with Gasteiger partial charge in [0.2, 0.25) is 5.75 Å². The maximum atomic E-state index is 13.3. The fourth-order valence-electron chi connectivity index (χ4n) is 4.34. The van der Waals surface area contributed by atoms with Crippen LogP contribution >= 0.6 is 23.2 Å². The van der Waals surface area contributed by atoms with Gasteiger partial charge in [-0.05, 0) is 49.2 Å². The number of ether oxygens (including phenoxy) is 1. The Bertz CT molecular complexity index is 1190. The molecule has 0 bridgehead atoms. The van der Waals surface area contributed by atoms with E-state index in [-0.39, 0.29) is 23.7 Å². The number of methoxy groups -OCH3 is 1. The first kappa shape index (κ1) is 23.1. The van der Waals surface area contributed by atoms with Gasteiger partial charge >= 0.3 is 11.6 Å². The van der Waals surface area contributed by atoms with Crippen molar-refractivity contribution in [1.29, 1.82) is 0 Å². The van der Waals surface area contributed by atoms with Crippen LogP contribution in [0.5, 0.6) is 11.8 Å². The lowest BCUT2D eigenvalue weighted by Crippen LogP contribution is -2.49. The smallest absolute Gasteiger partial charge is 0.318 e.